The molecule has 106 valence electrons. The van der Waals surface area contributed by atoms with Crippen molar-refractivity contribution in [1.29, 1.82) is 0 Å². The SMILES string of the molecule is CNc1nc2ccccc2cc1CN(C)CC1CC1C. The van der Waals surface area contributed by atoms with Crippen LogP contribution in [0.4, 0.5) is 5.82 Å². The van der Waals surface area contributed by atoms with E-state index in [2.05, 4.69) is 48.5 Å². The molecule has 1 N–H and O–H groups in total. The van der Waals surface area contributed by atoms with Gasteiger partial charge in [0.1, 0.15) is 5.82 Å². The summed E-state index contributed by atoms with van der Waals surface area (Å²) in [7, 11) is 4.16. The van der Waals surface area contributed by atoms with Crippen molar-refractivity contribution in [3.63, 3.8) is 0 Å². The highest BCUT2D eigenvalue weighted by Gasteiger charge is 2.33. The predicted molar refractivity (Wildman–Crippen MR) is 84.9 cm³/mol. The van der Waals surface area contributed by atoms with Gasteiger partial charge < -0.3 is 10.2 Å². The molecule has 2 unspecified atom stereocenters. The predicted octanol–water partition coefficient (Wildman–Crippen LogP) is 3.36. The molecule has 1 aromatic carbocycles. The Bertz CT molecular complexity index is 608. The van der Waals surface area contributed by atoms with Gasteiger partial charge in [-0.15, -0.1) is 0 Å². The average molecular weight is 269 g/mol. The van der Waals surface area contributed by atoms with E-state index < -0.39 is 0 Å². The Kier molecular flexibility index (Phi) is 3.62. The monoisotopic (exact) mass is 269 g/mol. The topological polar surface area (TPSA) is 28.2 Å². The highest BCUT2D eigenvalue weighted by Crippen LogP contribution is 2.38. The van der Waals surface area contributed by atoms with E-state index in [9.17, 15) is 0 Å². The van der Waals surface area contributed by atoms with E-state index >= 15 is 0 Å². The van der Waals surface area contributed by atoms with E-state index in [-0.39, 0.29) is 0 Å². The number of aromatic nitrogens is 1. The third-order valence-corrected chi connectivity index (χ3v) is 4.30. The zero-order valence-electron chi connectivity index (χ0n) is 12.6. The number of benzene rings is 1. The molecule has 0 spiro atoms. The summed E-state index contributed by atoms with van der Waals surface area (Å²) in [5.74, 6) is 2.81. The van der Waals surface area contributed by atoms with Gasteiger partial charge in [0.2, 0.25) is 0 Å². The van der Waals surface area contributed by atoms with Crippen LogP contribution in [0, 0.1) is 11.8 Å². The maximum Gasteiger partial charge on any atom is 0.130 e. The lowest BCUT2D eigenvalue weighted by atomic mass is 10.1. The summed E-state index contributed by atoms with van der Waals surface area (Å²) in [6.07, 6.45) is 1.39. The molecule has 1 aliphatic rings. The molecule has 3 nitrogen and oxygen atoms in total. The second-order valence-electron chi connectivity index (χ2n) is 6.11. The highest BCUT2D eigenvalue weighted by atomic mass is 15.1. The molecule has 1 aromatic heterocycles. The van der Waals surface area contributed by atoms with Crippen molar-refractivity contribution in [2.75, 3.05) is 26.0 Å². The molecular formula is C17H23N3. The Hall–Kier alpha value is -1.61. The number of para-hydroxylation sites is 1. The van der Waals surface area contributed by atoms with Gasteiger partial charge in [-0.05, 0) is 37.4 Å². The number of pyridine rings is 1. The van der Waals surface area contributed by atoms with Crippen LogP contribution in [0.5, 0.6) is 0 Å². The normalized spacial score (nSPS) is 21.4. The molecule has 1 heterocycles. The van der Waals surface area contributed by atoms with Crippen LogP contribution < -0.4 is 5.32 Å². The second kappa shape index (κ2) is 5.41. The van der Waals surface area contributed by atoms with Gasteiger partial charge >= 0.3 is 0 Å². The van der Waals surface area contributed by atoms with Crippen LogP contribution in [-0.4, -0.2) is 30.5 Å². The average Bonchev–Trinajstić information content (AvgIpc) is 3.13. The van der Waals surface area contributed by atoms with Gasteiger partial charge in [0.15, 0.2) is 0 Å². The fourth-order valence-electron chi connectivity index (χ4n) is 2.91. The summed E-state index contributed by atoms with van der Waals surface area (Å²) < 4.78 is 0. The molecule has 0 radical (unpaired) electrons. The smallest absolute Gasteiger partial charge is 0.130 e. The van der Waals surface area contributed by atoms with Gasteiger partial charge in [-0.1, -0.05) is 25.1 Å². The van der Waals surface area contributed by atoms with Crippen molar-refractivity contribution >= 4 is 16.7 Å². The number of anilines is 1. The molecule has 1 fully saturated rings. The zero-order chi connectivity index (χ0) is 14.1. The van der Waals surface area contributed by atoms with Crippen molar-refractivity contribution in [1.82, 2.24) is 9.88 Å². The summed E-state index contributed by atoms with van der Waals surface area (Å²) in [6, 6.07) is 10.6. The molecular weight excluding hydrogens is 246 g/mol. The van der Waals surface area contributed by atoms with Gasteiger partial charge in [-0.3, -0.25) is 0 Å². The lowest BCUT2D eigenvalue weighted by Gasteiger charge is -2.19. The van der Waals surface area contributed by atoms with E-state index in [0.29, 0.717) is 0 Å². The van der Waals surface area contributed by atoms with Crippen LogP contribution in [0.25, 0.3) is 10.9 Å². The number of fused-ring (bicyclic) bond motifs is 1. The molecule has 0 bridgehead atoms. The van der Waals surface area contributed by atoms with Crippen molar-refractivity contribution in [2.45, 2.75) is 19.9 Å². The zero-order valence-corrected chi connectivity index (χ0v) is 12.6. The first-order chi connectivity index (χ1) is 9.67. The molecule has 3 heteroatoms. The molecule has 2 aromatic rings. The molecule has 1 aliphatic carbocycles. The van der Waals surface area contributed by atoms with Crippen LogP contribution in [0.2, 0.25) is 0 Å². The van der Waals surface area contributed by atoms with Gasteiger partial charge in [-0.2, -0.15) is 0 Å². The minimum atomic E-state index is 0.895. The molecule has 2 atom stereocenters. The Morgan fingerprint density at radius 1 is 1.35 bits per heavy atom. The molecule has 0 aliphatic heterocycles. The molecule has 0 saturated heterocycles. The van der Waals surface area contributed by atoms with Crippen LogP contribution in [0.1, 0.15) is 18.9 Å². The quantitative estimate of drug-likeness (QED) is 0.902. The first kappa shape index (κ1) is 13.4. The van der Waals surface area contributed by atoms with Crippen LogP contribution in [0.3, 0.4) is 0 Å². The molecule has 1 saturated carbocycles. The Labute approximate surface area is 121 Å². The third-order valence-electron chi connectivity index (χ3n) is 4.30. The van der Waals surface area contributed by atoms with E-state index in [0.717, 1.165) is 29.7 Å². The molecule has 20 heavy (non-hydrogen) atoms. The minimum absolute atomic E-state index is 0.895. The molecule has 3 rings (SSSR count). The van der Waals surface area contributed by atoms with E-state index in [1.807, 2.05) is 13.1 Å². The van der Waals surface area contributed by atoms with Crippen LogP contribution >= 0.6 is 0 Å². The van der Waals surface area contributed by atoms with Crippen LogP contribution in [-0.2, 0) is 6.54 Å². The fourth-order valence-corrected chi connectivity index (χ4v) is 2.91. The number of hydrogen-bond acceptors (Lipinski definition) is 3. The summed E-state index contributed by atoms with van der Waals surface area (Å²) in [4.78, 5) is 7.14. The van der Waals surface area contributed by atoms with Gasteiger partial charge in [0.05, 0.1) is 5.52 Å². The summed E-state index contributed by atoms with van der Waals surface area (Å²) in [5.41, 5.74) is 2.33. The Balaban J connectivity index is 1.81. The highest BCUT2D eigenvalue weighted by molar-refractivity contribution is 5.81. The largest absolute Gasteiger partial charge is 0.373 e. The lowest BCUT2D eigenvalue weighted by Crippen LogP contribution is -2.21. The van der Waals surface area contributed by atoms with Gasteiger partial charge in [-0.25, -0.2) is 4.98 Å². The number of rotatable bonds is 5. The molecule has 0 amide bonds. The van der Waals surface area contributed by atoms with Gasteiger partial charge in [0, 0.05) is 31.1 Å². The first-order valence-corrected chi connectivity index (χ1v) is 7.42. The number of nitrogens with one attached hydrogen (secondary N) is 1. The van der Waals surface area contributed by atoms with Crippen molar-refractivity contribution in [3.8, 4) is 0 Å². The standard InChI is InChI=1S/C17H23N3/c1-12-8-14(12)10-20(3)11-15-9-13-6-4-5-7-16(13)19-17(15)18-2/h4-7,9,12,14H,8,10-11H2,1-3H3,(H,18,19). The number of nitrogens with zero attached hydrogens (tertiary/aromatic N) is 2. The first-order valence-electron chi connectivity index (χ1n) is 7.42. The Morgan fingerprint density at radius 3 is 2.80 bits per heavy atom. The van der Waals surface area contributed by atoms with Crippen molar-refractivity contribution in [3.05, 3.63) is 35.9 Å². The minimum Gasteiger partial charge on any atom is -0.373 e. The third kappa shape index (κ3) is 2.78. The lowest BCUT2D eigenvalue weighted by molar-refractivity contribution is 0.308. The summed E-state index contributed by atoms with van der Waals surface area (Å²) in [5, 5.41) is 4.45. The Morgan fingerprint density at radius 2 is 2.10 bits per heavy atom. The summed E-state index contributed by atoms with van der Waals surface area (Å²) in [6.45, 7) is 4.49. The maximum atomic E-state index is 4.72. The van der Waals surface area contributed by atoms with Gasteiger partial charge in [0.25, 0.3) is 0 Å². The van der Waals surface area contributed by atoms with E-state index in [4.69, 9.17) is 4.98 Å². The van der Waals surface area contributed by atoms with Crippen LogP contribution in [0.15, 0.2) is 30.3 Å². The second-order valence-corrected chi connectivity index (χ2v) is 6.11. The van der Waals surface area contributed by atoms with Crippen molar-refractivity contribution < 1.29 is 0 Å². The van der Waals surface area contributed by atoms with E-state index in [1.165, 1.54) is 23.9 Å². The fraction of sp³-hybridized carbons (Fsp3) is 0.471. The van der Waals surface area contributed by atoms with Crippen molar-refractivity contribution in [2.24, 2.45) is 11.8 Å². The number of hydrogen-bond donors (Lipinski definition) is 1. The summed E-state index contributed by atoms with van der Waals surface area (Å²) >= 11 is 0. The van der Waals surface area contributed by atoms with E-state index in [1.54, 1.807) is 0 Å². The maximum absolute atomic E-state index is 4.72.